The topological polar surface area (TPSA) is 63.4 Å². The highest BCUT2D eigenvalue weighted by Gasteiger charge is 2.28. The summed E-state index contributed by atoms with van der Waals surface area (Å²) in [4.78, 5) is 0.258. The van der Waals surface area contributed by atoms with Gasteiger partial charge in [0.2, 0.25) is 10.0 Å². The quantitative estimate of drug-likeness (QED) is 0.793. The third-order valence-electron chi connectivity index (χ3n) is 2.99. The van der Waals surface area contributed by atoms with Crippen molar-refractivity contribution in [2.45, 2.75) is 38.3 Å². The highest BCUT2D eigenvalue weighted by atomic mass is 79.9. The van der Waals surface area contributed by atoms with E-state index in [1.54, 1.807) is 12.1 Å². The summed E-state index contributed by atoms with van der Waals surface area (Å²) in [5.41, 5.74) is 7.29. The Hall–Kier alpha value is -0.690. The molecule has 0 aliphatic rings. The van der Waals surface area contributed by atoms with Crippen LogP contribution in [-0.4, -0.2) is 25.3 Å². The molecule has 0 radical (unpaired) electrons. The maximum atomic E-state index is 12.8. The summed E-state index contributed by atoms with van der Waals surface area (Å²) in [6.07, 6.45) is 1.59. The van der Waals surface area contributed by atoms with Crippen LogP contribution in [0, 0.1) is 6.92 Å². The number of nitrogens with two attached hydrogens (primary N) is 1. The van der Waals surface area contributed by atoms with E-state index in [1.165, 1.54) is 4.31 Å². The van der Waals surface area contributed by atoms with E-state index in [9.17, 15) is 8.42 Å². The van der Waals surface area contributed by atoms with Gasteiger partial charge in [-0.05, 0) is 53.9 Å². The van der Waals surface area contributed by atoms with Crippen LogP contribution in [0.3, 0.4) is 0 Å². The van der Waals surface area contributed by atoms with E-state index in [4.69, 9.17) is 5.73 Å². The van der Waals surface area contributed by atoms with Crippen molar-refractivity contribution in [1.82, 2.24) is 4.31 Å². The van der Waals surface area contributed by atoms with Crippen LogP contribution in [0.4, 0.5) is 0 Å². The van der Waals surface area contributed by atoms with Crippen LogP contribution in [0.15, 0.2) is 34.2 Å². The largest absolute Gasteiger partial charge is 0.326 e. The molecule has 0 aliphatic heterocycles. The van der Waals surface area contributed by atoms with Gasteiger partial charge in [0.15, 0.2) is 0 Å². The average molecular weight is 361 g/mol. The van der Waals surface area contributed by atoms with Gasteiger partial charge in [0.1, 0.15) is 0 Å². The SMILES string of the molecule is C=CCN(C(C)C)S(=O)(=O)c1cc(CN)cc(C)c1Br. The zero-order valence-corrected chi connectivity index (χ0v) is 14.5. The first-order chi connectivity index (χ1) is 9.25. The van der Waals surface area contributed by atoms with Crippen molar-refractivity contribution in [2.75, 3.05) is 6.54 Å². The fraction of sp³-hybridized carbons (Fsp3) is 0.429. The number of hydrogen-bond donors (Lipinski definition) is 1. The van der Waals surface area contributed by atoms with Gasteiger partial charge in [-0.1, -0.05) is 12.1 Å². The van der Waals surface area contributed by atoms with Crippen LogP contribution >= 0.6 is 15.9 Å². The van der Waals surface area contributed by atoms with Gasteiger partial charge >= 0.3 is 0 Å². The molecular formula is C14H21BrN2O2S. The van der Waals surface area contributed by atoms with Crippen molar-refractivity contribution in [3.05, 3.63) is 40.4 Å². The summed E-state index contributed by atoms with van der Waals surface area (Å²) in [7, 11) is -3.59. The second-order valence-electron chi connectivity index (χ2n) is 4.89. The normalized spacial score (nSPS) is 12.2. The second-order valence-corrected chi connectivity index (χ2v) is 7.54. The van der Waals surface area contributed by atoms with Crippen LogP contribution < -0.4 is 5.73 Å². The number of hydrogen-bond acceptors (Lipinski definition) is 3. The molecule has 0 saturated heterocycles. The zero-order valence-electron chi connectivity index (χ0n) is 12.1. The molecule has 0 saturated carbocycles. The van der Waals surface area contributed by atoms with Gasteiger partial charge in [0.05, 0.1) is 4.90 Å². The summed E-state index contributed by atoms with van der Waals surface area (Å²) in [6.45, 7) is 9.75. The average Bonchev–Trinajstić information content (AvgIpc) is 2.37. The lowest BCUT2D eigenvalue weighted by molar-refractivity contribution is 0.382. The van der Waals surface area contributed by atoms with E-state index >= 15 is 0 Å². The van der Waals surface area contributed by atoms with Gasteiger partial charge in [-0.2, -0.15) is 4.31 Å². The number of rotatable bonds is 6. The maximum Gasteiger partial charge on any atom is 0.244 e. The first-order valence-electron chi connectivity index (χ1n) is 6.37. The molecule has 0 heterocycles. The molecule has 0 bridgehead atoms. The van der Waals surface area contributed by atoms with E-state index in [0.717, 1.165) is 11.1 Å². The lowest BCUT2D eigenvalue weighted by atomic mass is 10.1. The fourth-order valence-corrected chi connectivity index (χ4v) is 4.59. The summed E-state index contributed by atoms with van der Waals surface area (Å²) >= 11 is 3.38. The predicted octanol–water partition coefficient (Wildman–Crippen LogP) is 2.80. The highest BCUT2D eigenvalue weighted by molar-refractivity contribution is 9.10. The molecule has 1 rings (SSSR count). The number of sulfonamides is 1. The first kappa shape index (κ1) is 17.4. The number of aryl methyl sites for hydroxylation is 1. The van der Waals surface area contributed by atoms with Crippen LogP contribution in [0.5, 0.6) is 0 Å². The molecule has 0 spiro atoms. The van der Waals surface area contributed by atoms with Crippen molar-refractivity contribution >= 4 is 26.0 Å². The molecule has 6 heteroatoms. The number of halogens is 1. The molecule has 0 fully saturated rings. The minimum Gasteiger partial charge on any atom is -0.326 e. The lowest BCUT2D eigenvalue weighted by Crippen LogP contribution is -2.37. The third kappa shape index (κ3) is 3.49. The monoisotopic (exact) mass is 360 g/mol. The van der Waals surface area contributed by atoms with Crippen LogP contribution in [0.25, 0.3) is 0 Å². The van der Waals surface area contributed by atoms with Crippen LogP contribution in [-0.2, 0) is 16.6 Å². The molecule has 0 aromatic heterocycles. The Labute approximate surface area is 129 Å². The van der Waals surface area contributed by atoms with E-state index in [0.29, 0.717) is 11.0 Å². The molecule has 0 atom stereocenters. The molecule has 112 valence electrons. The minimum absolute atomic E-state index is 0.147. The number of benzene rings is 1. The van der Waals surface area contributed by atoms with Crippen LogP contribution in [0.2, 0.25) is 0 Å². The van der Waals surface area contributed by atoms with Crippen molar-refractivity contribution < 1.29 is 8.42 Å². The molecule has 1 aromatic rings. The van der Waals surface area contributed by atoms with Gasteiger partial charge in [-0.15, -0.1) is 6.58 Å². The Morgan fingerprint density at radius 1 is 1.45 bits per heavy atom. The van der Waals surface area contributed by atoms with Crippen LogP contribution in [0.1, 0.15) is 25.0 Å². The third-order valence-corrected chi connectivity index (χ3v) is 6.37. The smallest absolute Gasteiger partial charge is 0.244 e. The lowest BCUT2D eigenvalue weighted by Gasteiger charge is -2.25. The van der Waals surface area contributed by atoms with Gasteiger partial charge in [-0.25, -0.2) is 8.42 Å². The molecule has 0 unspecified atom stereocenters. The Morgan fingerprint density at radius 3 is 2.50 bits per heavy atom. The van der Waals surface area contributed by atoms with E-state index in [-0.39, 0.29) is 17.5 Å². The Balaban J connectivity index is 3.48. The van der Waals surface area contributed by atoms with Gasteiger partial charge in [-0.3, -0.25) is 0 Å². The Bertz CT molecular complexity index is 597. The maximum absolute atomic E-state index is 12.8. The summed E-state index contributed by atoms with van der Waals surface area (Å²) < 4.78 is 27.6. The summed E-state index contributed by atoms with van der Waals surface area (Å²) in [5.74, 6) is 0. The fourth-order valence-electron chi connectivity index (χ4n) is 1.95. The van der Waals surface area contributed by atoms with Crippen molar-refractivity contribution in [1.29, 1.82) is 0 Å². The van der Waals surface area contributed by atoms with Gasteiger partial charge in [0, 0.05) is 23.6 Å². The van der Waals surface area contributed by atoms with E-state index < -0.39 is 10.0 Å². The standard InChI is InChI=1S/C14H21BrN2O2S/c1-5-6-17(10(2)3)20(18,19)13-8-12(9-16)7-11(4)14(13)15/h5,7-8,10H,1,6,9,16H2,2-4H3. The summed E-state index contributed by atoms with van der Waals surface area (Å²) in [5, 5.41) is 0. The Kier molecular flexibility index (Phi) is 5.94. The van der Waals surface area contributed by atoms with E-state index in [2.05, 4.69) is 22.5 Å². The van der Waals surface area contributed by atoms with Gasteiger partial charge < -0.3 is 5.73 Å². The van der Waals surface area contributed by atoms with E-state index in [1.807, 2.05) is 26.8 Å². The molecule has 0 aliphatic carbocycles. The highest BCUT2D eigenvalue weighted by Crippen LogP contribution is 2.30. The zero-order chi connectivity index (χ0) is 15.5. The van der Waals surface area contributed by atoms with Crippen molar-refractivity contribution in [3.63, 3.8) is 0 Å². The molecule has 2 N–H and O–H groups in total. The van der Waals surface area contributed by atoms with Crippen molar-refractivity contribution in [3.8, 4) is 0 Å². The molecule has 20 heavy (non-hydrogen) atoms. The second kappa shape index (κ2) is 6.85. The minimum atomic E-state index is -3.59. The number of nitrogens with zero attached hydrogens (tertiary/aromatic N) is 1. The molecule has 4 nitrogen and oxygen atoms in total. The summed E-state index contributed by atoms with van der Waals surface area (Å²) in [6, 6.07) is 3.37. The Morgan fingerprint density at radius 2 is 2.05 bits per heavy atom. The van der Waals surface area contributed by atoms with Gasteiger partial charge in [0.25, 0.3) is 0 Å². The van der Waals surface area contributed by atoms with Crippen molar-refractivity contribution in [2.24, 2.45) is 5.73 Å². The predicted molar refractivity (Wildman–Crippen MR) is 86.0 cm³/mol. The first-order valence-corrected chi connectivity index (χ1v) is 8.60. The molecule has 1 aromatic carbocycles. The molecular weight excluding hydrogens is 340 g/mol. The molecule has 0 amide bonds.